The van der Waals surface area contributed by atoms with E-state index in [0.717, 1.165) is 31.4 Å². The van der Waals surface area contributed by atoms with Crippen LogP contribution in [-0.2, 0) is 10.2 Å². The number of methoxy groups -OCH3 is 1. The second-order valence-corrected chi connectivity index (χ2v) is 7.48. The van der Waals surface area contributed by atoms with Crippen molar-refractivity contribution in [2.24, 2.45) is 5.92 Å². The molecule has 0 aromatic heterocycles. The molecular weight excluding hydrogens is 332 g/mol. The first kappa shape index (κ1) is 18.5. The number of nitrogens with one attached hydrogen (secondary N) is 1. The lowest BCUT2D eigenvalue weighted by Crippen LogP contribution is -2.48. The number of benzene rings is 1. The zero-order chi connectivity index (χ0) is 18.6. The lowest BCUT2D eigenvalue weighted by Gasteiger charge is -2.34. The first-order valence-corrected chi connectivity index (χ1v) is 9.44. The Bertz CT molecular complexity index is 647. The van der Waals surface area contributed by atoms with Gasteiger partial charge >= 0.3 is 12.0 Å². The number of carbonyl (C=O) groups excluding carboxylic acids is 1. The van der Waals surface area contributed by atoms with Crippen LogP contribution in [0.4, 0.5) is 4.79 Å². The van der Waals surface area contributed by atoms with Gasteiger partial charge < -0.3 is 20.1 Å². The molecule has 1 aliphatic heterocycles. The molecule has 0 spiro atoms. The molecule has 6 heteroatoms. The summed E-state index contributed by atoms with van der Waals surface area (Å²) in [5.41, 5.74) is 1.18. The maximum atomic E-state index is 12.6. The molecule has 0 radical (unpaired) electrons. The maximum Gasteiger partial charge on any atom is 0.317 e. The molecule has 0 unspecified atom stereocenters. The van der Waals surface area contributed by atoms with Gasteiger partial charge in [-0.3, -0.25) is 4.79 Å². The zero-order valence-corrected chi connectivity index (χ0v) is 15.4. The van der Waals surface area contributed by atoms with Crippen LogP contribution in [0.5, 0.6) is 5.75 Å². The Morgan fingerprint density at radius 2 is 1.96 bits per heavy atom. The van der Waals surface area contributed by atoms with Gasteiger partial charge in [-0.25, -0.2) is 4.79 Å². The van der Waals surface area contributed by atoms with Crippen molar-refractivity contribution in [3.05, 3.63) is 29.8 Å². The number of amides is 2. The number of likely N-dealkylation sites (tertiary alicyclic amines) is 1. The molecule has 1 saturated heterocycles. The molecule has 1 heterocycles. The molecule has 1 aliphatic carbocycles. The Morgan fingerprint density at radius 1 is 1.27 bits per heavy atom. The first-order chi connectivity index (χ1) is 12.5. The summed E-state index contributed by atoms with van der Waals surface area (Å²) in [4.78, 5) is 25.4. The van der Waals surface area contributed by atoms with E-state index in [1.54, 1.807) is 12.0 Å². The van der Waals surface area contributed by atoms with Gasteiger partial charge in [-0.2, -0.15) is 0 Å². The highest BCUT2D eigenvalue weighted by Crippen LogP contribution is 2.41. The van der Waals surface area contributed by atoms with E-state index in [0.29, 0.717) is 32.5 Å². The van der Waals surface area contributed by atoms with Crippen molar-refractivity contribution in [3.63, 3.8) is 0 Å². The second-order valence-electron chi connectivity index (χ2n) is 7.48. The smallest absolute Gasteiger partial charge is 0.317 e. The highest BCUT2D eigenvalue weighted by molar-refractivity contribution is 5.75. The van der Waals surface area contributed by atoms with E-state index in [1.165, 1.54) is 5.56 Å². The molecule has 0 bridgehead atoms. The van der Waals surface area contributed by atoms with Crippen LogP contribution in [-0.4, -0.2) is 48.8 Å². The van der Waals surface area contributed by atoms with Crippen LogP contribution < -0.4 is 10.1 Å². The number of ether oxygens (including phenoxy) is 1. The standard InChI is InChI=1S/C20H28N2O4/c1-26-17-6-4-5-16(13-17)20(9-2-3-10-20)14-21-19(25)22-11-7-15(8-12-22)18(23)24/h4-6,13,15H,2-3,7-12,14H2,1H3,(H,21,25)(H,23,24). The number of rotatable bonds is 5. The summed E-state index contributed by atoms with van der Waals surface area (Å²) in [5.74, 6) is -0.235. The summed E-state index contributed by atoms with van der Waals surface area (Å²) in [6.07, 6.45) is 5.50. The predicted octanol–water partition coefficient (Wildman–Crippen LogP) is 3.01. The van der Waals surface area contributed by atoms with E-state index in [9.17, 15) is 9.59 Å². The van der Waals surface area contributed by atoms with E-state index < -0.39 is 5.97 Å². The number of carboxylic acid groups (broad SMARTS) is 1. The molecule has 2 N–H and O–H groups in total. The number of piperidine rings is 1. The third kappa shape index (κ3) is 3.94. The van der Waals surface area contributed by atoms with Gasteiger partial charge in [0, 0.05) is 25.0 Å². The topological polar surface area (TPSA) is 78.9 Å². The van der Waals surface area contributed by atoms with Crippen LogP contribution in [0.2, 0.25) is 0 Å². The summed E-state index contributed by atoms with van der Waals surface area (Å²) < 4.78 is 5.37. The fourth-order valence-corrected chi connectivity index (χ4v) is 4.26. The number of carbonyl (C=O) groups is 2. The van der Waals surface area contributed by atoms with Gasteiger partial charge in [-0.15, -0.1) is 0 Å². The Labute approximate surface area is 154 Å². The normalized spacial score (nSPS) is 20.0. The van der Waals surface area contributed by atoms with Crippen molar-refractivity contribution < 1.29 is 19.4 Å². The Kier molecular flexibility index (Phi) is 5.69. The van der Waals surface area contributed by atoms with Gasteiger partial charge in [0.1, 0.15) is 5.75 Å². The molecule has 2 amide bonds. The monoisotopic (exact) mass is 360 g/mol. The number of carboxylic acids is 1. The molecule has 0 atom stereocenters. The fraction of sp³-hybridized carbons (Fsp3) is 0.600. The van der Waals surface area contributed by atoms with Crippen LogP contribution >= 0.6 is 0 Å². The predicted molar refractivity (Wildman–Crippen MR) is 98.5 cm³/mol. The van der Waals surface area contributed by atoms with Crippen molar-refractivity contribution in [3.8, 4) is 5.75 Å². The average molecular weight is 360 g/mol. The highest BCUT2D eigenvalue weighted by atomic mass is 16.5. The summed E-state index contributed by atoms with van der Waals surface area (Å²) in [6.45, 7) is 1.63. The number of aliphatic carboxylic acids is 1. The van der Waals surface area contributed by atoms with Crippen molar-refractivity contribution in [2.75, 3.05) is 26.7 Å². The molecule has 3 rings (SSSR count). The minimum Gasteiger partial charge on any atom is -0.497 e. The van der Waals surface area contributed by atoms with E-state index in [1.807, 2.05) is 12.1 Å². The third-order valence-corrected chi connectivity index (χ3v) is 5.95. The van der Waals surface area contributed by atoms with Crippen LogP contribution in [0.25, 0.3) is 0 Å². The van der Waals surface area contributed by atoms with E-state index in [-0.39, 0.29) is 17.4 Å². The molecule has 2 fully saturated rings. The van der Waals surface area contributed by atoms with E-state index in [4.69, 9.17) is 9.84 Å². The average Bonchev–Trinajstić information content (AvgIpc) is 3.16. The van der Waals surface area contributed by atoms with Gasteiger partial charge in [0.15, 0.2) is 0 Å². The van der Waals surface area contributed by atoms with Crippen LogP contribution in [0.3, 0.4) is 0 Å². The second kappa shape index (κ2) is 7.98. The van der Waals surface area contributed by atoms with Crippen molar-refractivity contribution in [1.82, 2.24) is 10.2 Å². The molecular formula is C20H28N2O4. The summed E-state index contributed by atoms with van der Waals surface area (Å²) in [5, 5.41) is 12.2. The lowest BCUT2D eigenvalue weighted by atomic mass is 9.78. The number of hydrogen-bond donors (Lipinski definition) is 2. The Hall–Kier alpha value is -2.24. The van der Waals surface area contributed by atoms with Gasteiger partial charge in [0.25, 0.3) is 0 Å². The number of hydrogen-bond acceptors (Lipinski definition) is 3. The molecule has 142 valence electrons. The molecule has 6 nitrogen and oxygen atoms in total. The van der Waals surface area contributed by atoms with Gasteiger partial charge in [-0.1, -0.05) is 25.0 Å². The minimum absolute atomic E-state index is 0.0381. The van der Waals surface area contributed by atoms with E-state index in [2.05, 4.69) is 17.4 Å². The van der Waals surface area contributed by atoms with Gasteiger partial charge in [0.2, 0.25) is 0 Å². The van der Waals surface area contributed by atoms with Crippen LogP contribution in [0, 0.1) is 5.92 Å². The van der Waals surface area contributed by atoms with Crippen molar-refractivity contribution in [2.45, 2.75) is 43.9 Å². The number of urea groups is 1. The number of nitrogens with zero attached hydrogens (tertiary/aromatic N) is 1. The Balaban J connectivity index is 1.62. The Morgan fingerprint density at radius 3 is 2.58 bits per heavy atom. The van der Waals surface area contributed by atoms with Crippen LogP contribution in [0.1, 0.15) is 44.1 Å². The van der Waals surface area contributed by atoms with Gasteiger partial charge in [-0.05, 0) is 43.4 Å². The summed E-state index contributed by atoms with van der Waals surface area (Å²) in [6, 6.07) is 8.07. The molecule has 1 saturated carbocycles. The maximum absolute atomic E-state index is 12.6. The molecule has 2 aliphatic rings. The minimum atomic E-state index is -0.756. The fourth-order valence-electron chi connectivity index (χ4n) is 4.26. The molecule has 1 aromatic carbocycles. The van der Waals surface area contributed by atoms with Crippen molar-refractivity contribution in [1.29, 1.82) is 0 Å². The quantitative estimate of drug-likeness (QED) is 0.846. The summed E-state index contributed by atoms with van der Waals surface area (Å²) in [7, 11) is 1.67. The highest BCUT2D eigenvalue weighted by Gasteiger charge is 2.37. The first-order valence-electron chi connectivity index (χ1n) is 9.44. The zero-order valence-electron chi connectivity index (χ0n) is 15.4. The molecule has 1 aromatic rings. The summed E-state index contributed by atoms with van der Waals surface area (Å²) >= 11 is 0. The lowest BCUT2D eigenvalue weighted by molar-refractivity contribution is -0.143. The van der Waals surface area contributed by atoms with Crippen molar-refractivity contribution >= 4 is 12.0 Å². The van der Waals surface area contributed by atoms with E-state index >= 15 is 0 Å². The largest absolute Gasteiger partial charge is 0.497 e. The van der Waals surface area contributed by atoms with Gasteiger partial charge in [0.05, 0.1) is 13.0 Å². The van der Waals surface area contributed by atoms with Crippen LogP contribution in [0.15, 0.2) is 24.3 Å². The third-order valence-electron chi connectivity index (χ3n) is 5.95. The SMILES string of the molecule is COc1cccc(C2(CNC(=O)N3CCC(C(=O)O)CC3)CCCC2)c1. The molecule has 26 heavy (non-hydrogen) atoms.